The van der Waals surface area contributed by atoms with Crippen LogP contribution in [0.5, 0.6) is 0 Å². The normalized spacial score (nSPS) is 11.4. The van der Waals surface area contributed by atoms with Crippen molar-refractivity contribution < 1.29 is 135 Å². The second-order valence-electron chi connectivity index (χ2n) is 25.2. The van der Waals surface area contributed by atoms with Crippen LogP contribution in [0.15, 0.2) is 336 Å². The molecule has 20 nitrogen and oxygen atoms in total. The molecule has 0 bridgehead atoms. The summed E-state index contributed by atoms with van der Waals surface area (Å²) >= 11 is 0. The number of nitrogens with zero attached hydrogens (tertiary/aromatic N) is 9. The van der Waals surface area contributed by atoms with Gasteiger partial charge in [0.05, 0.1) is 47.7 Å². The Morgan fingerprint density at radius 1 is 0.383 bits per heavy atom. The number of aliphatic hydroxyl groups is 6. The third-order valence-electron chi connectivity index (χ3n) is 16.3. The number of hydrogen-bond acceptors (Lipinski definition) is 19. The largest absolute Gasteiger partial charge is 0.477 e. The average Bonchev–Trinajstić information content (AvgIpc) is 0.852. The monoisotopic (exact) mass is 2320 g/mol. The van der Waals surface area contributed by atoms with E-state index in [-0.39, 0.29) is 99.0 Å². The summed E-state index contributed by atoms with van der Waals surface area (Å²) in [5.74, 6) is -0.990. The molecular weight excluding hydrogens is 2220 g/mol. The van der Waals surface area contributed by atoms with Gasteiger partial charge in [0.25, 0.3) is 0 Å². The third kappa shape index (κ3) is 40.1. The summed E-state index contributed by atoms with van der Waals surface area (Å²) in [6.45, 7) is 10.7. The summed E-state index contributed by atoms with van der Waals surface area (Å²) in [5, 5.41) is 62.1. The number of benzene rings is 9. The van der Waals surface area contributed by atoms with Crippen LogP contribution in [0, 0.1) is 24.3 Å². The molecule has 0 saturated carbocycles. The molecule has 0 saturated heterocycles. The van der Waals surface area contributed by atoms with Crippen molar-refractivity contribution in [2.45, 2.75) is 83.1 Å². The topological polar surface area (TPSA) is 302 Å². The van der Waals surface area contributed by atoms with Crippen LogP contribution in [-0.4, -0.2) is 145 Å². The second kappa shape index (κ2) is 61.0. The van der Waals surface area contributed by atoms with Gasteiger partial charge in [-0.1, -0.05) is 195 Å². The smallest absolute Gasteiger partial charge is 0.354 e. The molecule has 9 aromatic carbocycles. The first kappa shape index (κ1) is 104. The molecular formula is C96H95Ir4N9O11-4. The fourth-order valence-electron chi connectivity index (χ4n) is 10.4. The number of methoxy groups -OCH3 is 2. The van der Waals surface area contributed by atoms with Crippen LogP contribution in [-0.2, 0) is 101 Å². The predicted molar refractivity (Wildman–Crippen MR) is 454 cm³/mol. The molecule has 14 rings (SSSR count). The summed E-state index contributed by atoms with van der Waals surface area (Å²) in [5.41, 5.74) is 18.0. The Kier molecular flexibility index (Phi) is 52.8. The second-order valence-corrected chi connectivity index (χ2v) is 25.2. The SMILES string of the molecule is C=CCOC(O)CC(C)O.C=Cc1ccc(CCC(O)CC(C)O)cc1.COC(O)CC(O)OC.O=C(O)c1ccccn1.[Ir].[Ir].[Ir].[Ir].[c-]1ccccc1-c1cc(-c2ccccc2)ncn1.[c-]1ccccc1-c1cc(-c2ccccc2)ncn1.[c-]1ccccc1-c1cc(-c2ccccc2)ncn1.[c-]1ccccc1-c1cc(-c2ccccc2)ncn1. The van der Waals surface area contributed by atoms with Crippen LogP contribution >= 0.6 is 0 Å². The number of pyridine rings is 1. The predicted octanol–water partition coefficient (Wildman–Crippen LogP) is 17.2. The van der Waals surface area contributed by atoms with E-state index in [9.17, 15) is 9.90 Å². The van der Waals surface area contributed by atoms with Crippen molar-refractivity contribution >= 4 is 12.0 Å². The maximum absolute atomic E-state index is 10.1. The van der Waals surface area contributed by atoms with Gasteiger partial charge in [-0.05, 0) is 101 Å². The molecule has 6 atom stereocenters. The van der Waals surface area contributed by atoms with Crippen LogP contribution in [0.25, 0.3) is 96.1 Å². The number of aromatic carboxylic acids is 1. The molecule has 0 aliphatic heterocycles. The fourth-order valence-corrected chi connectivity index (χ4v) is 10.4. The average molecular weight is 2320 g/mol. The van der Waals surface area contributed by atoms with Gasteiger partial charge in [0.1, 0.15) is 31.0 Å². The van der Waals surface area contributed by atoms with Gasteiger partial charge in [0, 0.05) is 114 Å². The third-order valence-corrected chi connectivity index (χ3v) is 16.3. The summed E-state index contributed by atoms with van der Waals surface area (Å²) in [6.07, 6.45) is 9.35. The number of aryl methyl sites for hydroxylation is 1. The van der Waals surface area contributed by atoms with Gasteiger partial charge >= 0.3 is 5.97 Å². The molecule has 630 valence electrons. The molecule has 0 spiro atoms. The maximum Gasteiger partial charge on any atom is 0.354 e. The minimum Gasteiger partial charge on any atom is -0.477 e. The maximum atomic E-state index is 10.1. The summed E-state index contributed by atoms with van der Waals surface area (Å²) in [6, 6.07) is 105. The number of aliphatic hydroxyl groups excluding tert-OH is 6. The first-order valence-corrected chi connectivity index (χ1v) is 37.1. The van der Waals surface area contributed by atoms with Crippen LogP contribution < -0.4 is 0 Å². The molecule has 24 heteroatoms. The van der Waals surface area contributed by atoms with Crippen molar-refractivity contribution in [3.63, 3.8) is 0 Å². The Labute approximate surface area is 756 Å². The van der Waals surface area contributed by atoms with Crippen LogP contribution in [0.4, 0.5) is 0 Å². The zero-order valence-corrected chi connectivity index (χ0v) is 76.0. The van der Waals surface area contributed by atoms with Crippen molar-refractivity contribution in [1.29, 1.82) is 0 Å². The summed E-state index contributed by atoms with van der Waals surface area (Å²) in [7, 11) is 2.71. The zero-order chi connectivity index (χ0) is 82.8. The first-order chi connectivity index (χ1) is 56.5. The van der Waals surface area contributed by atoms with E-state index in [1.807, 2.05) is 273 Å². The van der Waals surface area contributed by atoms with Crippen LogP contribution in [0.1, 0.15) is 61.1 Å². The van der Waals surface area contributed by atoms with Gasteiger partial charge in [0.2, 0.25) is 0 Å². The minimum atomic E-state index is -0.990. The van der Waals surface area contributed by atoms with E-state index in [2.05, 4.69) is 91.8 Å². The summed E-state index contributed by atoms with van der Waals surface area (Å²) < 4.78 is 13.7. The zero-order valence-electron chi connectivity index (χ0n) is 66.4. The van der Waals surface area contributed by atoms with E-state index in [1.54, 1.807) is 57.4 Å². The number of carbonyl (C=O) groups is 1. The molecule has 0 amide bonds. The van der Waals surface area contributed by atoms with Crippen LogP contribution in [0.3, 0.4) is 0 Å². The van der Waals surface area contributed by atoms with Crippen molar-refractivity contribution in [1.82, 2.24) is 44.9 Å². The Balaban J connectivity index is 0.000000358. The van der Waals surface area contributed by atoms with Gasteiger partial charge < -0.3 is 50.0 Å². The van der Waals surface area contributed by atoms with Gasteiger partial charge in [-0.25, -0.2) is 29.7 Å². The number of hydrogen-bond donors (Lipinski definition) is 7. The minimum absolute atomic E-state index is 0. The molecule has 5 heterocycles. The molecule has 5 aromatic heterocycles. The number of carboxylic acids is 1. The number of rotatable bonds is 24. The van der Waals surface area contributed by atoms with Gasteiger partial charge in [-0.3, -0.25) is 19.9 Å². The van der Waals surface area contributed by atoms with E-state index in [0.717, 1.165) is 102 Å². The van der Waals surface area contributed by atoms with E-state index < -0.39 is 43.2 Å². The Morgan fingerprint density at radius 2 is 0.700 bits per heavy atom. The van der Waals surface area contributed by atoms with Crippen LogP contribution in [0.2, 0.25) is 0 Å². The Morgan fingerprint density at radius 3 is 0.958 bits per heavy atom. The standard InChI is InChI=1S/4C16H11N2.C14H20O2.C7H14O3.C6H5NO2.C5H12O4.4Ir/c4*1-3-7-13(8-4-1)15-11-16(18-12-17-15)14-9-5-2-6-10-14;1-3-12-4-6-13(7-5-12)8-9-14(16)10-11(2)15;1-3-4-10-7(9)5-6(2)8;8-6(9)5-3-1-2-4-7-5;1-8-4(6)3-5(7)9-2;;;;/h4*1-9,11-12H;3-7,11,14-16H,1,8-10H2,2H3;3,6-9H,1,4-5H2,2H3;1-4H,(H,8,9);4-7H,3H2,1-2H3;;;;/q4*-1;;;;;;;;. The first-order valence-electron chi connectivity index (χ1n) is 37.1. The fraction of sp³-hybridized carbons (Fsp3) is 0.167. The van der Waals surface area contributed by atoms with Gasteiger partial charge in [0.15, 0.2) is 18.9 Å². The van der Waals surface area contributed by atoms with Gasteiger partial charge in [-0.15, -0.1) is 150 Å². The Bertz CT molecular complexity index is 4310. The molecule has 0 aliphatic rings. The quantitative estimate of drug-likeness (QED) is 0.0168. The van der Waals surface area contributed by atoms with Crippen molar-refractivity contribution in [3.05, 3.63) is 377 Å². The molecule has 6 unspecified atom stereocenters. The molecule has 14 aromatic rings. The van der Waals surface area contributed by atoms with Gasteiger partial charge in [-0.2, -0.15) is 0 Å². The van der Waals surface area contributed by atoms with E-state index >= 15 is 0 Å². The molecule has 4 radical (unpaired) electrons. The van der Waals surface area contributed by atoms with E-state index in [0.29, 0.717) is 19.4 Å². The number of ether oxygens (including phenoxy) is 3. The van der Waals surface area contributed by atoms with Crippen molar-refractivity contribution in [2.75, 3.05) is 20.8 Å². The summed E-state index contributed by atoms with van der Waals surface area (Å²) in [4.78, 5) is 48.1. The Hall–Kier alpha value is -10.4. The molecule has 0 aliphatic carbocycles. The number of aromatic nitrogens is 9. The van der Waals surface area contributed by atoms with Crippen molar-refractivity contribution in [2.24, 2.45) is 0 Å². The molecule has 0 fully saturated rings. The molecule has 7 N–H and O–H groups in total. The number of carboxylic acid groups (broad SMARTS) is 1. The van der Waals surface area contributed by atoms with E-state index in [4.69, 9.17) is 35.4 Å². The molecule has 120 heavy (non-hydrogen) atoms. The van der Waals surface area contributed by atoms with E-state index in [1.165, 1.54) is 32.0 Å². The van der Waals surface area contributed by atoms with Crippen molar-refractivity contribution in [3.8, 4) is 90.1 Å².